The van der Waals surface area contributed by atoms with E-state index in [0.29, 0.717) is 35.2 Å². The molecule has 124 valence electrons. The van der Waals surface area contributed by atoms with Crippen LogP contribution < -0.4 is 15.0 Å². The van der Waals surface area contributed by atoms with Gasteiger partial charge in [-0.3, -0.25) is 4.79 Å². The fourth-order valence-corrected chi connectivity index (χ4v) is 2.73. The van der Waals surface area contributed by atoms with Crippen molar-refractivity contribution in [3.8, 4) is 11.5 Å². The molecule has 23 heavy (non-hydrogen) atoms. The number of aromatic nitrogens is 2. The maximum Gasteiger partial charge on any atom is 0.255 e. The molecule has 2 rings (SSSR count). The summed E-state index contributed by atoms with van der Waals surface area (Å²) in [6.45, 7) is 4.51. The number of thioether (sulfide) groups is 1. The molecule has 0 saturated heterocycles. The highest BCUT2D eigenvalue weighted by Crippen LogP contribution is 2.32. The van der Waals surface area contributed by atoms with Crippen molar-refractivity contribution in [2.75, 3.05) is 20.0 Å². The van der Waals surface area contributed by atoms with Crippen LogP contribution in [0.3, 0.4) is 0 Å². The topological polar surface area (TPSA) is 64.2 Å². The Morgan fingerprint density at radius 3 is 2.74 bits per heavy atom. The van der Waals surface area contributed by atoms with Gasteiger partial charge in [-0.1, -0.05) is 30.8 Å². The minimum atomic E-state index is -0.105. The number of ether oxygens (including phenoxy) is 2. The van der Waals surface area contributed by atoms with Crippen LogP contribution in [-0.4, -0.2) is 29.9 Å². The lowest BCUT2D eigenvalue weighted by Crippen LogP contribution is -2.18. The Kier molecular flexibility index (Phi) is 6.10. The minimum Gasteiger partial charge on any atom is -0.493 e. The van der Waals surface area contributed by atoms with Crippen molar-refractivity contribution < 1.29 is 9.47 Å². The third kappa shape index (κ3) is 4.07. The summed E-state index contributed by atoms with van der Waals surface area (Å²) in [4.78, 5) is 19.5. The second-order valence-electron chi connectivity index (χ2n) is 5.11. The van der Waals surface area contributed by atoms with Crippen molar-refractivity contribution in [1.82, 2.24) is 9.97 Å². The number of hydrogen-bond donors (Lipinski definition) is 1. The first kappa shape index (κ1) is 17.4. The molecule has 0 fully saturated rings. The zero-order valence-electron chi connectivity index (χ0n) is 13.9. The summed E-state index contributed by atoms with van der Waals surface area (Å²) < 4.78 is 11.2. The van der Waals surface area contributed by atoms with Crippen molar-refractivity contribution in [2.45, 2.75) is 31.8 Å². The lowest BCUT2D eigenvalue weighted by Gasteiger charge is -2.15. The summed E-state index contributed by atoms with van der Waals surface area (Å²) in [7, 11) is 1.62. The van der Waals surface area contributed by atoms with Crippen molar-refractivity contribution in [3.05, 3.63) is 45.4 Å². The molecule has 0 radical (unpaired) electrons. The Labute approximate surface area is 140 Å². The van der Waals surface area contributed by atoms with E-state index in [-0.39, 0.29) is 5.56 Å². The number of H-pyrrole nitrogens is 1. The first-order chi connectivity index (χ1) is 11.1. The monoisotopic (exact) mass is 334 g/mol. The van der Waals surface area contributed by atoms with Gasteiger partial charge < -0.3 is 14.5 Å². The molecule has 1 heterocycles. The molecule has 2 aromatic rings. The Bertz CT molecular complexity index is 728. The summed E-state index contributed by atoms with van der Waals surface area (Å²) in [5.41, 5.74) is 2.20. The number of methoxy groups -OCH3 is 1. The molecule has 0 bridgehead atoms. The van der Waals surface area contributed by atoms with Gasteiger partial charge in [0.15, 0.2) is 16.7 Å². The van der Waals surface area contributed by atoms with Gasteiger partial charge in [0.05, 0.1) is 13.7 Å². The molecule has 0 aliphatic carbocycles. The molecule has 1 N–H and O–H groups in total. The van der Waals surface area contributed by atoms with Crippen LogP contribution in [0.1, 0.15) is 30.2 Å². The largest absolute Gasteiger partial charge is 0.493 e. The molecule has 0 aliphatic heterocycles. The van der Waals surface area contributed by atoms with Crippen LogP contribution in [0, 0.1) is 6.92 Å². The summed E-state index contributed by atoms with van der Waals surface area (Å²) in [5.74, 6) is 1.38. The lowest BCUT2D eigenvalue weighted by molar-refractivity contribution is 0.291. The average molecular weight is 334 g/mol. The van der Waals surface area contributed by atoms with Gasteiger partial charge in [-0.15, -0.1) is 0 Å². The second-order valence-corrected chi connectivity index (χ2v) is 5.91. The van der Waals surface area contributed by atoms with Crippen LogP contribution in [0.5, 0.6) is 11.5 Å². The van der Waals surface area contributed by atoms with Crippen LogP contribution in [0.4, 0.5) is 0 Å². The Morgan fingerprint density at radius 1 is 1.35 bits per heavy atom. The lowest BCUT2D eigenvalue weighted by atomic mass is 10.0. The predicted octanol–water partition coefficient (Wildman–Crippen LogP) is 3.19. The smallest absolute Gasteiger partial charge is 0.255 e. The van der Waals surface area contributed by atoms with Crippen molar-refractivity contribution >= 4 is 11.8 Å². The fourth-order valence-electron chi connectivity index (χ4n) is 2.31. The van der Waals surface area contributed by atoms with Crippen LogP contribution in [-0.2, 0) is 6.42 Å². The Hall–Kier alpha value is -1.95. The molecule has 1 aromatic heterocycles. The highest BCUT2D eigenvalue weighted by molar-refractivity contribution is 7.98. The van der Waals surface area contributed by atoms with Gasteiger partial charge in [-0.2, -0.15) is 0 Å². The van der Waals surface area contributed by atoms with E-state index in [1.165, 1.54) is 11.8 Å². The Balaban J connectivity index is 2.42. The highest BCUT2D eigenvalue weighted by atomic mass is 32.2. The van der Waals surface area contributed by atoms with E-state index in [1.54, 1.807) is 7.11 Å². The molecule has 0 saturated carbocycles. The van der Waals surface area contributed by atoms with Gasteiger partial charge in [-0.25, -0.2) is 4.98 Å². The molecule has 5 nitrogen and oxygen atoms in total. The van der Waals surface area contributed by atoms with Crippen LogP contribution in [0.15, 0.2) is 28.2 Å². The SMILES string of the molecule is CCCOc1c(Cc2c(C)nc(SC)[nH]c2=O)cccc1OC. The summed E-state index contributed by atoms with van der Waals surface area (Å²) in [6, 6.07) is 5.72. The third-order valence-corrected chi connectivity index (χ3v) is 4.07. The van der Waals surface area contributed by atoms with E-state index in [4.69, 9.17) is 9.47 Å². The molecular formula is C17H22N2O3S. The predicted molar refractivity (Wildman–Crippen MR) is 93.0 cm³/mol. The van der Waals surface area contributed by atoms with E-state index in [2.05, 4.69) is 16.9 Å². The van der Waals surface area contributed by atoms with Gasteiger partial charge in [0.25, 0.3) is 5.56 Å². The number of benzene rings is 1. The van der Waals surface area contributed by atoms with Gasteiger partial charge in [0, 0.05) is 23.2 Å². The maximum atomic E-state index is 12.3. The fraction of sp³-hybridized carbons (Fsp3) is 0.412. The van der Waals surface area contributed by atoms with Gasteiger partial charge in [-0.05, 0) is 25.7 Å². The molecule has 6 heteroatoms. The average Bonchev–Trinajstić information content (AvgIpc) is 2.56. The molecule has 0 unspecified atom stereocenters. The van der Waals surface area contributed by atoms with Gasteiger partial charge >= 0.3 is 0 Å². The third-order valence-electron chi connectivity index (χ3n) is 3.49. The summed E-state index contributed by atoms with van der Waals surface area (Å²) in [5, 5.41) is 0.629. The first-order valence-electron chi connectivity index (χ1n) is 7.53. The number of para-hydroxylation sites is 1. The normalized spacial score (nSPS) is 10.6. The second kappa shape index (κ2) is 8.06. The van der Waals surface area contributed by atoms with Gasteiger partial charge in [0.1, 0.15) is 0 Å². The number of aromatic amines is 1. The molecular weight excluding hydrogens is 312 g/mol. The number of hydrogen-bond acceptors (Lipinski definition) is 5. The van der Waals surface area contributed by atoms with E-state index < -0.39 is 0 Å². The van der Waals surface area contributed by atoms with Crippen LogP contribution in [0.2, 0.25) is 0 Å². The first-order valence-corrected chi connectivity index (χ1v) is 8.75. The number of aryl methyl sites for hydroxylation is 1. The van der Waals surface area contributed by atoms with E-state index in [1.807, 2.05) is 31.4 Å². The van der Waals surface area contributed by atoms with E-state index in [0.717, 1.165) is 17.7 Å². The number of nitrogens with one attached hydrogen (secondary N) is 1. The van der Waals surface area contributed by atoms with Crippen molar-refractivity contribution in [1.29, 1.82) is 0 Å². The van der Waals surface area contributed by atoms with Gasteiger partial charge in [0.2, 0.25) is 0 Å². The molecule has 1 aromatic carbocycles. The molecule has 0 amide bonds. The maximum absolute atomic E-state index is 12.3. The molecule has 0 spiro atoms. The zero-order chi connectivity index (χ0) is 16.8. The molecule has 0 atom stereocenters. The summed E-state index contributed by atoms with van der Waals surface area (Å²) >= 11 is 1.42. The zero-order valence-corrected chi connectivity index (χ0v) is 14.8. The minimum absolute atomic E-state index is 0.105. The highest BCUT2D eigenvalue weighted by Gasteiger charge is 2.15. The standard InChI is InChI=1S/C17H22N2O3S/c1-5-9-22-15-12(7-6-8-14(15)21-3)10-13-11(2)18-17(23-4)19-16(13)20/h6-8H,5,9-10H2,1-4H3,(H,18,19,20). The Morgan fingerprint density at radius 2 is 2.13 bits per heavy atom. The summed E-state index contributed by atoms with van der Waals surface area (Å²) in [6.07, 6.45) is 3.25. The van der Waals surface area contributed by atoms with Crippen molar-refractivity contribution in [3.63, 3.8) is 0 Å². The number of rotatable bonds is 7. The quantitative estimate of drug-likeness (QED) is 0.622. The van der Waals surface area contributed by atoms with Crippen molar-refractivity contribution in [2.24, 2.45) is 0 Å². The number of nitrogens with zero attached hydrogens (tertiary/aromatic N) is 1. The van der Waals surface area contributed by atoms with E-state index in [9.17, 15) is 4.79 Å². The van der Waals surface area contributed by atoms with Crippen LogP contribution >= 0.6 is 11.8 Å². The van der Waals surface area contributed by atoms with E-state index >= 15 is 0 Å². The molecule has 0 aliphatic rings. The van der Waals surface area contributed by atoms with Crippen LogP contribution in [0.25, 0.3) is 0 Å².